The van der Waals surface area contributed by atoms with Crippen molar-refractivity contribution in [2.24, 2.45) is 5.41 Å². The number of halogens is 4. The Balaban J connectivity index is 0.00000364. The quantitative estimate of drug-likeness (QED) is 0.726. The second-order valence-corrected chi connectivity index (χ2v) is 8.09. The van der Waals surface area contributed by atoms with Gasteiger partial charge in [-0.25, -0.2) is 13.1 Å². The molecular formula is C16H21ClF3N3O3S. The second-order valence-electron chi connectivity index (χ2n) is 6.32. The van der Waals surface area contributed by atoms with Gasteiger partial charge in [-0.15, -0.1) is 12.4 Å². The van der Waals surface area contributed by atoms with Crippen LogP contribution >= 0.6 is 12.4 Å². The van der Waals surface area contributed by atoms with Crippen molar-refractivity contribution in [3.05, 3.63) is 29.3 Å². The van der Waals surface area contributed by atoms with Crippen molar-refractivity contribution in [3.8, 4) is 6.07 Å². The van der Waals surface area contributed by atoms with Crippen molar-refractivity contribution >= 4 is 22.4 Å². The van der Waals surface area contributed by atoms with E-state index in [9.17, 15) is 21.6 Å². The first-order valence-electron chi connectivity index (χ1n) is 7.94. The van der Waals surface area contributed by atoms with Crippen molar-refractivity contribution in [1.82, 2.24) is 10.0 Å². The van der Waals surface area contributed by atoms with Crippen molar-refractivity contribution in [2.75, 3.05) is 33.4 Å². The maximum atomic E-state index is 13.1. The topological polar surface area (TPSA) is 91.2 Å². The van der Waals surface area contributed by atoms with E-state index in [1.165, 1.54) is 13.2 Å². The molecule has 1 aromatic rings. The molecule has 27 heavy (non-hydrogen) atoms. The molecule has 1 saturated heterocycles. The number of rotatable bonds is 6. The number of piperidine rings is 1. The lowest BCUT2D eigenvalue weighted by Gasteiger charge is -2.37. The maximum absolute atomic E-state index is 13.1. The molecule has 152 valence electrons. The highest BCUT2D eigenvalue weighted by molar-refractivity contribution is 7.89. The summed E-state index contributed by atoms with van der Waals surface area (Å²) in [7, 11) is -2.64. The van der Waals surface area contributed by atoms with Gasteiger partial charge in [0.15, 0.2) is 0 Å². The molecule has 1 heterocycles. The van der Waals surface area contributed by atoms with E-state index in [-0.39, 0.29) is 19.0 Å². The summed E-state index contributed by atoms with van der Waals surface area (Å²) in [5.41, 5.74) is -2.30. The number of hydrogen-bond donors (Lipinski definition) is 2. The highest BCUT2D eigenvalue weighted by Crippen LogP contribution is 2.34. The Labute approximate surface area is 162 Å². The second kappa shape index (κ2) is 9.21. The number of ether oxygens (including phenoxy) is 1. The van der Waals surface area contributed by atoms with Gasteiger partial charge >= 0.3 is 6.18 Å². The van der Waals surface area contributed by atoms with E-state index in [4.69, 9.17) is 10.00 Å². The van der Waals surface area contributed by atoms with E-state index in [1.54, 1.807) is 0 Å². The summed E-state index contributed by atoms with van der Waals surface area (Å²) >= 11 is 0. The van der Waals surface area contributed by atoms with Gasteiger partial charge in [0, 0.05) is 19.1 Å². The molecule has 0 atom stereocenters. The SMILES string of the molecule is COCC1(CNS(=O)(=O)c2ccc(C#N)c(C(F)(F)F)c2)CCNCC1.Cl. The molecule has 2 rings (SSSR count). The number of nitrogens with one attached hydrogen (secondary N) is 2. The molecule has 1 aromatic carbocycles. The summed E-state index contributed by atoms with van der Waals surface area (Å²) in [5, 5.41) is 12.0. The summed E-state index contributed by atoms with van der Waals surface area (Å²) in [6.07, 6.45) is -3.45. The molecule has 0 aliphatic carbocycles. The maximum Gasteiger partial charge on any atom is 0.417 e. The zero-order chi connectivity index (χ0) is 19.4. The van der Waals surface area contributed by atoms with Crippen LogP contribution in [0.4, 0.5) is 13.2 Å². The normalized spacial score (nSPS) is 17.0. The Morgan fingerprint density at radius 3 is 2.48 bits per heavy atom. The van der Waals surface area contributed by atoms with E-state index in [1.807, 2.05) is 0 Å². The molecule has 0 bridgehead atoms. The summed E-state index contributed by atoms with van der Waals surface area (Å²) in [5.74, 6) is 0. The number of hydrogen-bond acceptors (Lipinski definition) is 5. The Bertz CT molecular complexity index is 783. The average molecular weight is 428 g/mol. The van der Waals surface area contributed by atoms with Gasteiger partial charge in [0.1, 0.15) is 0 Å². The van der Waals surface area contributed by atoms with Crippen molar-refractivity contribution in [3.63, 3.8) is 0 Å². The molecule has 1 aliphatic heterocycles. The Hall–Kier alpha value is -1.38. The number of nitriles is 1. The zero-order valence-electron chi connectivity index (χ0n) is 14.6. The fourth-order valence-electron chi connectivity index (χ4n) is 2.99. The average Bonchev–Trinajstić information content (AvgIpc) is 2.60. The monoisotopic (exact) mass is 427 g/mol. The van der Waals surface area contributed by atoms with Gasteiger partial charge in [-0.2, -0.15) is 18.4 Å². The van der Waals surface area contributed by atoms with Gasteiger partial charge in [-0.3, -0.25) is 0 Å². The fourth-order valence-corrected chi connectivity index (χ4v) is 4.17. The fraction of sp³-hybridized carbons (Fsp3) is 0.562. The molecule has 2 N–H and O–H groups in total. The minimum Gasteiger partial charge on any atom is -0.384 e. The molecule has 1 aliphatic rings. The van der Waals surface area contributed by atoms with Crippen LogP contribution in [0.1, 0.15) is 24.0 Å². The number of nitrogens with zero attached hydrogens (tertiary/aromatic N) is 1. The Kier molecular flexibility index (Phi) is 8.07. The Morgan fingerprint density at radius 2 is 1.96 bits per heavy atom. The van der Waals surface area contributed by atoms with E-state index in [2.05, 4.69) is 10.0 Å². The number of alkyl halides is 3. The van der Waals surface area contributed by atoms with Gasteiger partial charge in [0.2, 0.25) is 10.0 Å². The summed E-state index contributed by atoms with van der Waals surface area (Å²) in [6, 6.07) is 3.79. The number of sulfonamides is 1. The molecule has 0 amide bonds. The summed E-state index contributed by atoms with van der Waals surface area (Å²) < 4.78 is 71.7. The zero-order valence-corrected chi connectivity index (χ0v) is 16.2. The van der Waals surface area contributed by atoms with Crippen LogP contribution < -0.4 is 10.0 Å². The first kappa shape index (κ1) is 23.7. The smallest absolute Gasteiger partial charge is 0.384 e. The lowest BCUT2D eigenvalue weighted by molar-refractivity contribution is -0.137. The highest BCUT2D eigenvalue weighted by Gasteiger charge is 2.36. The molecule has 11 heteroatoms. The van der Waals surface area contributed by atoms with Gasteiger partial charge < -0.3 is 10.1 Å². The molecule has 1 fully saturated rings. The van der Waals surface area contributed by atoms with Crippen LogP contribution in [0.3, 0.4) is 0 Å². The van der Waals surface area contributed by atoms with Crippen molar-refractivity contribution in [1.29, 1.82) is 5.26 Å². The molecule has 0 saturated carbocycles. The van der Waals surface area contributed by atoms with Crippen molar-refractivity contribution in [2.45, 2.75) is 23.9 Å². The van der Waals surface area contributed by atoms with Crippen LogP contribution in [0.5, 0.6) is 0 Å². The van der Waals surface area contributed by atoms with Crippen LogP contribution in [0.25, 0.3) is 0 Å². The predicted molar refractivity (Wildman–Crippen MR) is 95.0 cm³/mol. The highest BCUT2D eigenvalue weighted by atomic mass is 35.5. The van der Waals surface area contributed by atoms with Gasteiger partial charge in [0.25, 0.3) is 0 Å². The third kappa shape index (κ3) is 5.80. The minimum atomic E-state index is -4.82. The first-order chi connectivity index (χ1) is 12.1. The predicted octanol–water partition coefficient (Wildman–Crippen LogP) is 2.29. The summed E-state index contributed by atoms with van der Waals surface area (Å²) in [4.78, 5) is -0.523. The van der Waals surface area contributed by atoms with Crippen LogP contribution in [0.15, 0.2) is 23.1 Å². The van der Waals surface area contributed by atoms with E-state index in [0.717, 1.165) is 12.1 Å². The van der Waals surface area contributed by atoms with Gasteiger partial charge in [-0.05, 0) is 44.1 Å². The first-order valence-corrected chi connectivity index (χ1v) is 9.43. The standard InChI is InChI=1S/C16H20F3N3O3S.ClH/c1-25-11-15(4-6-21-7-5-15)10-22-26(23,24)13-3-2-12(9-20)14(8-13)16(17,18)19;/h2-3,8,21-22H,4-7,10-11H2,1H3;1H. The molecular weight excluding hydrogens is 407 g/mol. The van der Waals surface area contributed by atoms with Gasteiger partial charge in [-0.1, -0.05) is 0 Å². The van der Waals surface area contributed by atoms with Crippen LogP contribution in [0, 0.1) is 16.7 Å². The minimum absolute atomic E-state index is 0. The van der Waals surface area contributed by atoms with Crippen LogP contribution in [0.2, 0.25) is 0 Å². The summed E-state index contributed by atoms with van der Waals surface area (Å²) in [6.45, 7) is 1.82. The molecule has 0 aromatic heterocycles. The molecule has 0 radical (unpaired) electrons. The van der Waals surface area contributed by atoms with E-state index in [0.29, 0.717) is 38.6 Å². The number of benzene rings is 1. The van der Waals surface area contributed by atoms with Gasteiger partial charge in [0.05, 0.1) is 28.7 Å². The van der Waals surface area contributed by atoms with E-state index < -0.39 is 37.6 Å². The molecule has 6 nitrogen and oxygen atoms in total. The van der Waals surface area contributed by atoms with E-state index >= 15 is 0 Å². The van der Waals surface area contributed by atoms with Crippen LogP contribution in [-0.4, -0.2) is 41.8 Å². The lowest BCUT2D eigenvalue weighted by atomic mass is 9.80. The number of methoxy groups -OCH3 is 1. The van der Waals surface area contributed by atoms with Crippen LogP contribution in [-0.2, 0) is 20.9 Å². The largest absolute Gasteiger partial charge is 0.417 e. The Morgan fingerprint density at radius 1 is 1.33 bits per heavy atom. The van der Waals surface area contributed by atoms with Crippen molar-refractivity contribution < 1.29 is 26.3 Å². The lowest BCUT2D eigenvalue weighted by Crippen LogP contribution is -2.47. The molecule has 0 spiro atoms. The molecule has 0 unspecified atom stereocenters. The third-order valence-corrected chi connectivity index (χ3v) is 5.88. The third-order valence-electron chi connectivity index (χ3n) is 4.48.